The molecule has 1 fully saturated rings. The largest absolute Gasteiger partial charge is 0.416 e. The van der Waals surface area contributed by atoms with Gasteiger partial charge in [0.05, 0.1) is 24.5 Å². The topological polar surface area (TPSA) is 123 Å². The van der Waals surface area contributed by atoms with E-state index in [-0.39, 0.29) is 58.3 Å². The molecule has 1 atom stereocenters. The first kappa shape index (κ1) is 33.5. The average molecular weight is 649 g/mol. The second-order valence-corrected chi connectivity index (χ2v) is 12.1. The summed E-state index contributed by atoms with van der Waals surface area (Å²) < 4.78 is 57.2. The summed E-state index contributed by atoms with van der Waals surface area (Å²) in [6, 6.07) is 11.2. The van der Waals surface area contributed by atoms with Crippen LogP contribution in [-0.4, -0.2) is 59.5 Å². The molecule has 3 heterocycles. The lowest BCUT2D eigenvalue weighted by Crippen LogP contribution is -2.33. The summed E-state index contributed by atoms with van der Waals surface area (Å²) in [5, 5.41) is 28.2. The number of nitrogens with zero attached hydrogens (tertiary/aromatic N) is 5. The number of aromatic nitrogens is 1. The second kappa shape index (κ2) is 13.9. The molecular weight excluding hydrogens is 612 g/mol. The molecule has 0 radical (unpaired) electrons. The lowest BCUT2D eigenvalue weighted by Gasteiger charge is -2.30. The number of likely N-dealkylation sites (tertiary alicyclic amines) is 1. The number of hydrogen-bond acceptors (Lipinski definition) is 7. The number of carbonyl (C=O) groups excluding carboxylic acids is 1. The standard InChI is InChI=1S/C34H36F4N8O/c1-21-6-5-11-45(17-21)18-22-12-27-28(29(35)13-22)19-46(33(27)47)31-15-23(14-30(43-31)42-10-4-3-9-39)26-16-24(34(36,37)38)7-8-25(26)32(41)44(2)20-40/h7-8,12-16,20-21,40-41H,3-6,10-11,17-19H2,1-2H3,(H,42,43). The quantitative estimate of drug-likeness (QED) is 0.0954. The molecule has 0 bridgehead atoms. The third-order valence-electron chi connectivity index (χ3n) is 8.51. The van der Waals surface area contributed by atoms with E-state index in [4.69, 9.17) is 16.1 Å². The SMILES string of the molecule is CC1CCCN(Cc2cc(F)c3c(c2)C(=O)N(c2cc(-c4cc(C(F)(F)F)ccc4C(=N)N(C)C=N)cc(NCCCC#N)n2)C3)C1. The minimum atomic E-state index is -4.68. The Morgan fingerprint density at radius 3 is 2.70 bits per heavy atom. The van der Waals surface area contributed by atoms with Crippen molar-refractivity contribution in [3.63, 3.8) is 0 Å². The highest BCUT2D eigenvalue weighted by molar-refractivity contribution is 6.10. The van der Waals surface area contributed by atoms with Crippen LogP contribution in [0.2, 0.25) is 0 Å². The third-order valence-corrected chi connectivity index (χ3v) is 8.51. The Kier molecular flexibility index (Phi) is 9.91. The van der Waals surface area contributed by atoms with E-state index in [1.807, 2.05) is 0 Å². The van der Waals surface area contributed by atoms with Crippen LogP contribution in [0.5, 0.6) is 0 Å². The minimum Gasteiger partial charge on any atom is -0.370 e. The Morgan fingerprint density at radius 2 is 2.00 bits per heavy atom. The maximum atomic E-state index is 15.5. The van der Waals surface area contributed by atoms with Gasteiger partial charge in [-0.15, -0.1) is 0 Å². The number of nitriles is 1. The van der Waals surface area contributed by atoms with E-state index in [9.17, 15) is 18.0 Å². The van der Waals surface area contributed by atoms with Crippen molar-refractivity contribution in [3.8, 4) is 17.2 Å². The molecule has 3 aromatic rings. The molecule has 2 aliphatic heterocycles. The molecule has 1 aromatic heterocycles. The number of anilines is 2. The zero-order valence-electron chi connectivity index (χ0n) is 26.2. The molecule has 9 nitrogen and oxygen atoms in total. The Bertz CT molecular complexity index is 1730. The highest BCUT2D eigenvalue weighted by Crippen LogP contribution is 2.38. The maximum Gasteiger partial charge on any atom is 0.416 e. The number of halogens is 4. The lowest BCUT2D eigenvalue weighted by atomic mass is 9.96. The lowest BCUT2D eigenvalue weighted by molar-refractivity contribution is -0.137. The van der Waals surface area contributed by atoms with E-state index in [1.54, 1.807) is 6.07 Å². The van der Waals surface area contributed by atoms with E-state index in [0.717, 1.165) is 49.3 Å². The second-order valence-electron chi connectivity index (χ2n) is 12.1. The Hall–Kier alpha value is -4.83. The van der Waals surface area contributed by atoms with Crippen LogP contribution in [0.15, 0.2) is 42.5 Å². The fourth-order valence-corrected chi connectivity index (χ4v) is 6.09. The van der Waals surface area contributed by atoms with Crippen LogP contribution in [-0.2, 0) is 19.3 Å². The normalized spacial score (nSPS) is 16.5. The first-order valence-electron chi connectivity index (χ1n) is 15.4. The van der Waals surface area contributed by atoms with Gasteiger partial charge >= 0.3 is 6.18 Å². The minimum absolute atomic E-state index is 0.0376. The zero-order valence-corrected chi connectivity index (χ0v) is 26.2. The number of nitrogens with one attached hydrogen (secondary N) is 3. The predicted molar refractivity (Wildman–Crippen MR) is 172 cm³/mol. The molecule has 1 amide bonds. The fraction of sp³-hybridized carbons (Fsp3) is 0.382. The van der Waals surface area contributed by atoms with E-state index < -0.39 is 23.5 Å². The number of fused-ring (bicyclic) bond motifs is 1. The van der Waals surface area contributed by atoms with Crippen molar-refractivity contribution in [2.24, 2.45) is 5.92 Å². The number of pyridine rings is 1. The summed E-state index contributed by atoms with van der Waals surface area (Å²) in [6.45, 7) is 4.70. The van der Waals surface area contributed by atoms with Gasteiger partial charge in [-0.1, -0.05) is 13.0 Å². The van der Waals surface area contributed by atoms with Gasteiger partial charge in [-0.05, 0) is 84.8 Å². The summed E-state index contributed by atoms with van der Waals surface area (Å²) in [6.07, 6.45) is -0.863. The van der Waals surface area contributed by atoms with Gasteiger partial charge < -0.3 is 10.2 Å². The van der Waals surface area contributed by atoms with Crippen molar-refractivity contribution in [2.45, 2.75) is 51.9 Å². The van der Waals surface area contributed by atoms with Crippen LogP contribution in [0.25, 0.3) is 11.1 Å². The summed E-state index contributed by atoms with van der Waals surface area (Å²) in [7, 11) is 1.44. The van der Waals surface area contributed by atoms with Gasteiger partial charge in [0.15, 0.2) is 0 Å². The summed E-state index contributed by atoms with van der Waals surface area (Å²) in [4.78, 5) is 23.1. The van der Waals surface area contributed by atoms with Crippen LogP contribution in [0.1, 0.15) is 65.2 Å². The Morgan fingerprint density at radius 1 is 1.21 bits per heavy atom. The molecule has 13 heteroatoms. The number of unbranched alkanes of at least 4 members (excludes halogenated alkanes) is 1. The number of rotatable bonds is 10. The summed E-state index contributed by atoms with van der Waals surface area (Å²) in [5.74, 6) is -0.343. The van der Waals surface area contributed by atoms with Crippen LogP contribution in [0.3, 0.4) is 0 Å². The van der Waals surface area contributed by atoms with Crippen molar-refractivity contribution in [1.82, 2.24) is 14.8 Å². The molecule has 0 aliphatic carbocycles. The monoisotopic (exact) mass is 648 g/mol. The smallest absolute Gasteiger partial charge is 0.370 e. The number of amides is 1. The van der Waals surface area contributed by atoms with E-state index >= 15 is 4.39 Å². The molecule has 0 saturated carbocycles. The first-order valence-corrected chi connectivity index (χ1v) is 15.4. The van der Waals surface area contributed by atoms with Gasteiger partial charge in [-0.25, -0.2) is 9.37 Å². The molecule has 0 spiro atoms. The highest BCUT2D eigenvalue weighted by Gasteiger charge is 2.34. The predicted octanol–water partition coefficient (Wildman–Crippen LogP) is 6.88. The molecule has 5 rings (SSSR count). The molecule has 1 unspecified atom stereocenters. The number of carbonyl (C=O) groups is 1. The Balaban J connectivity index is 1.56. The molecule has 3 N–H and O–H groups in total. The number of alkyl halides is 3. The third kappa shape index (κ3) is 7.44. The van der Waals surface area contributed by atoms with E-state index in [1.165, 1.54) is 36.2 Å². The van der Waals surface area contributed by atoms with Gasteiger partial charge in [0.2, 0.25) is 0 Å². The number of amidine groups is 1. The molecule has 2 aromatic carbocycles. The zero-order chi connectivity index (χ0) is 33.9. The molecule has 47 heavy (non-hydrogen) atoms. The first-order chi connectivity index (χ1) is 22.4. The van der Waals surface area contributed by atoms with Crippen molar-refractivity contribution in [2.75, 3.05) is 36.9 Å². The number of hydrogen-bond donors (Lipinski definition) is 3. The molecule has 2 aliphatic rings. The van der Waals surface area contributed by atoms with E-state index in [0.29, 0.717) is 31.0 Å². The maximum absolute atomic E-state index is 15.5. The summed E-state index contributed by atoms with van der Waals surface area (Å²) >= 11 is 0. The van der Waals surface area contributed by atoms with Crippen molar-refractivity contribution in [1.29, 1.82) is 16.1 Å². The number of piperidine rings is 1. The van der Waals surface area contributed by atoms with Gasteiger partial charge in [0.1, 0.15) is 23.3 Å². The van der Waals surface area contributed by atoms with Gasteiger partial charge in [0.25, 0.3) is 5.91 Å². The van der Waals surface area contributed by atoms with Crippen LogP contribution < -0.4 is 10.2 Å². The fourth-order valence-electron chi connectivity index (χ4n) is 6.09. The molecular formula is C34H36F4N8O. The van der Waals surface area contributed by atoms with Crippen molar-refractivity contribution in [3.05, 3.63) is 76.1 Å². The van der Waals surface area contributed by atoms with Crippen molar-refractivity contribution < 1.29 is 22.4 Å². The average Bonchev–Trinajstić information content (AvgIpc) is 3.38. The van der Waals surface area contributed by atoms with E-state index in [2.05, 4.69) is 28.2 Å². The highest BCUT2D eigenvalue weighted by atomic mass is 19.4. The molecule has 246 valence electrons. The van der Waals surface area contributed by atoms with Gasteiger partial charge in [-0.3, -0.25) is 25.4 Å². The van der Waals surface area contributed by atoms with Gasteiger partial charge in [0, 0.05) is 49.8 Å². The summed E-state index contributed by atoms with van der Waals surface area (Å²) in [5.41, 5.74) is 0.572. The Labute approximate surface area is 270 Å². The van der Waals surface area contributed by atoms with Crippen molar-refractivity contribution >= 4 is 29.7 Å². The molecule has 1 saturated heterocycles. The van der Waals surface area contributed by atoms with Crippen LogP contribution >= 0.6 is 0 Å². The van der Waals surface area contributed by atoms with Crippen LogP contribution in [0, 0.1) is 33.9 Å². The van der Waals surface area contributed by atoms with Gasteiger partial charge in [-0.2, -0.15) is 18.4 Å². The van der Waals surface area contributed by atoms with Crippen LogP contribution in [0.4, 0.5) is 29.2 Å². The number of benzene rings is 2.